The van der Waals surface area contributed by atoms with E-state index in [1.807, 2.05) is 24.3 Å². The van der Waals surface area contributed by atoms with Gasteiger partial charge in [0.05, 0.1) is 0 Å². The third kappa shape index (κ3) is 5.96. The highest BCUT2D eigenvalue weighted by Crippen LogP contribution is 2.24. The van der Waals surface area contributed by atoms with Gasteiger partial charge in [0.1, 0.15) is 18.2 Å². The quantitative estimate of drug-likeness (QED) is 0.585. The van der Waals surface area contributed by atoms with E-state index in [1.165, 1.54) is 25.3 Å². The fourth-order valence-electron chi connectivity index (χ4n) is 2.32. The van der Waals surface area contributed by atoms with Crippen LogP contribution in [0.25, 0.3) is 0 Å². The molecule has 0 amide bonds. The molecule has 0 unspecified atom stereocenters. The summed E-state index contributed by atoms with van der Waals surface area (Å²) in [6.07, 6.45) is 3.63. The number of rotatable bonds is 9. The smallest absolute Gasteiger partial charge is 0.129 e. The van der Waals surface area contributed by atoms with Crippen LogP contribution in [0.4, 0.5) is 4.39 Å². The van der Waals surface area contributed by atoms with E-state index in [0.717, 1.165) is 28.9 Å². The lowest BCUT2D eigenvalue weighted by Crippen LogP contribution is -2.15. The van der Waals surface area contributed by atoms with Gasteiger partial charge >= 0.3 is 0 Å². The molecule has 2 rings (SSSR count). The molecule has 0 fully saturated rings. The first kappa shape index (κ1) is 18.0. The Morgan fingerprint density at radius 3 is 2.70 bits per heavy atom. The lowest BCUT2D eigenvalue weighted by molar-refractivity contribution is 0.296. The van der Waals surface area contributed by atoms with Gasteiger partial charge in [-0.1, -0.05) is 53.9 Å². The summed E-state index contributed by atoms with van der Waals surface area (Å²) in [7, 11) is 0. The topological polar surface area (TPSA) is 21.3 Å². The summed E-state index contributed by atoms with van der Waals surface area (Å²) in [5, 5.41) is 3.44. The van der Waals surface area contributed by atoms with Gasteiger partial charge in [-0.25, -0.2) is 4.39 Å². The van der Waals surface area contributed by atoms with E-state index in [-0.39, 0.29) is 12.4 Å². The zero-order chi connectivity index (χ0) is 16.5. The van der Waals surface area contributed by atoms with E-state index in [9.17, 15) is 4.39 Å². The third-order valence-electron chi connectivity index (χ3n) is 3.64. The first-order chi connectivity index (χ1) is 11.2. The number of hydrogen-bond acceptors (Lipinski definition) is 2. The van der Waals surface area contributed by atoms with Crippen molar-refractivity contribution in [3.05, 3.63) is 63.9 Å². The summed E-state index contributed by atoms with van der Waals surface area (Å²) >= 11 is 3.49. The Morgan fingerprint density at radius 2 is 1.91 bits per heavy atom. The molecule has 0 spiro atoms. The van der Waals surface area contributed by atoms with Crippen molar-refractivity contribution in [3.63, 3.8) is 0 Å². The third-order valence-corrected chi connectivity index (χ3v) is 4.13. The minimum atomic E-state index is -0.233. The van der Waals surface area contributed by atoms with Gasteiger partial charge < -0.3 is 10.1 Å². The van der Waals surface area contributed by atoms with Crippen LogP contribution in [-0.4, -0.2) is 6.54 Å². The average Bonchev–Trinajstić information content (AvgIpc) is 2.55. The van der Waals surface area contributed by atoms with Crippen LogP contribution in [0.5, 0.6) is 5.75 Å². The van der Waals surface area contributed by atoms with E-state index in [1.54, 1.807) is 12.1 Å². The SMILES string of the molecule is CCCCCNCc1cc(Br)ccc1OCc1ccccc1F. The molecule has 0 atom stereocenters. The summed E-state index contributed by atoms with van der Waals surface area (Å²) in [4.78, 5) is 0. The maximum atomic E-state index is 13.7. The molecule has 0 aromatic heterocycles. The second-order valence-corrected chi connectivity index (χ2v) is 6.43. The minimum absolute atomic E-state index is 0.233. The van der Waals surface area contributed by atoms with Gasteiger partial charge in [-0.15, -0.1) is 0 Å². The van der Waals surface area contributed by atoms with E-state index in [2.05, 4.69) is 28.2 Å². The molecule has 2 aromatic carbocycles. The Hall–Kier alpha value is -1.39. The van der Waals surface area contributed by atoms with Crippen LogP contribution in [0.3, 0.4) is 0 Å². The maximum Gasteiger partial charge on any atom is 0.129 e. The number of hydrogen-bond donors (Lipinski definition) is 1. The molecule has 4 heteroatoms. The second-order valence-electron chi connectivity index (χ2n) is 5.52. The minimum Gasteiger partial charge on any atom is -0.488 e. The zero-order valence-electron chi connectivity index (χ0n) is 13.4. The van der Waals surface area contributed by atoms with Crippen molar-refractivity contribution in [1.29, 1.82) is 0 Å². The van der Waals surface area contributed by atoms with E-state index >= 15 is 0 Å². The number of benzene rings is 2. The first-order valence-electron chi connectivity index (χ1n) is 8.06. The van der Waals surface area contributed by atoms with Crippen LogP contribution in [-0.2, 0) is 13.2 Å². The fraction of sp³-hybridized carbons (Fsp3) is 0.368. The van der Waals surface area contributed by atoms with Crippen LogP contribution >= 0.6 is 15.9 Å². The fourth-order valence-corrected chi connectivity index (χ4v) is 2.73. The highest BCUT2D eigenvalue weighted by Gasteiger charge is 2.07. The average molecular weight is 380 g/mol. The van der Waals surface area contributed by atoms with Gasteiger partial charge in [0.2, 0.25) is 0 Å². The summed E-state index contributed by atoms with van der Waals surface area (Å²) in [5.74, 6) is 0.559. The predicted octanol–water partition coefficient (Wildman–Crippen LogP) is 5.45. The lowest BCUT2D eigenvalue weighted by atomic mass is 10.2. The molecule has 0 radical (unpaired) electrons. The molecule has 124 valence electrons. The summed E-state index contributed by atoms with van der Waals surface area (Å²) in [5.41, 5.74) is 1.64. The van der Waals surface area contributed by atoms with E-state index < -0.39 is 0 Å². The number of halogens is 2. The highest BCUT2D eigenvalue weighted by atomic mass is 79.9. The zero-order valence-corrected chi connectivity index (χ0v) is 15.0. The molecule has 2 aromatic rings. The molecule has 0 bridgehead atoms. The maximum absolute atomic E-state index is 13.7. The van der Waals surface area contributed by atoms with Crippen molar-refractivity contribution >= 4 is 15.9 Å². The molecule has 1 N–H and O–H groups in total. The van der Waals surface area contributed by atoms with Gasteiger partial charge in [0, 0.05) is 22.1 Å². The Morgan fingerprint density at radius 1 is 1.09 bits per heavy atom. The molecular weight excluding hydrogens is 357 g/mol. The van der Waals surface area contributed by atoms with E-state index in [4.69, 9.17) is 4.74 Å². The Bertz CT molecular complexity index is 618. The molecule has 0 saturated carbocycles. The van der Waals surface area contributed by atoms with Gasteiger partial charge in [-0.2, -0.15) is 0 Å². The summed E-state index contributed by atoms with van der Waals surface area (Å²) in [6.45, 7) is 4.17. The molecule has 0 aliphatic heterocycles. The van der Waals surface area contributed by atoms with Crippen molar-refractivity contribution in [2.24, 2.45) is 0 Å². The molecule has 23 heavy (non-hydrogen) atoms. The number of ether oxygens (including phenoxy) is 1. The monoisotopic (exact) mass is 379 g/mol. The Labute approximate surface area is 146 Å². The summed E-state index contributed by atoms with van der Waals surface area (Å²) in [6, 6.07) is 12.6. The molecule has 0 aliphatic rings. The second kappa shape index (κ2) is 9.68. The number of nitrogens with one attached hydrogen (secondary N) is 1. The predicted molar refractivity (Wildman–Crippen MR) is 96.1 cm³/mol. The number of unbranched alkanes of at least 4 members (excludes halogenated alkanes) is 2. The molecule has 0 heterocycles. The first-order valence-corrected chi connectivity index (χ1v) is 8.85. The van der Waals surface area contributed by atoms with Crippen molar-refractivity contribution in [1.82, 2.24) is 5.32 Å². The standard InChI is InChI=1S/C19H23BrFNO/c1-2-3-6-11-22-13-16-12-17(20)9-10-19(16)23-14-15-7-4-5-8-18(15)21/h4-5,7-10,12,22H,2-3,6,11,13-14H2,1H3. The summed E-state index contributed by atoms with van der Waals surface area (Å²) < 4.78 is 20.5. The van der Waals surface area contributed by atoms with Crippen LogP contribution in [0.1, 0.15) is 37.3 Å². The Balaban J connectivity index is 1.96. The van der Waals surface area contributed by atoms with Gasteiger partial charge in [0.15, 0.2) is 0 Å². The lowest BCUT2D eigenvalue weighted by Gasteiger charge is -2.13. The van der Waals surface area contributed by atoms with Crippen LogP contribution in [0.2, 0.25) is 0 Å². The van der Waals surface area contributed by atoms with Crippen LogP contribution < -0.4 is 10.1 Å². The molecular formula is C19H23BrFNO. The van der Waals surface area contributed by atoms with Gasteiger partial charge in [-0.05, 0) is 37.2 Å². The molecule has 2 nitrogen and oxygen atoms in total. The molecule has 0 saturated heterocycles. The van der Waals surface area contributed by atoms with Crippen molar-refractivity contribution < 1.29 is 9.13 Å². The van der Waals surface area contributed by atoms with Crippen molar-refractivity contribution in [2.75, 3.05) is 6.54 Å². The molecule has 0 aliphatic carbocycles. The highest BCUT2D eigenvalue weighted by molar-refractivity contribution is 9.10. The Kier molecular flexibility index (Phi) is 7.56. The van der Waals surface area contributed by atoms with Crippen LogP contribution in [0, 0.1) is 5.82 Å². The van der Waals surface area contributed by atoms with Gasteiger partial charge in [-0.3, -0.25) is 0 Å². The van der Waals surface area contributed by atoms with Gasteiger partial charge in [0.25, 0.3) is 0 Å². The van der Waals surface area contributed by atoms with Crippen molar-refractivity contribution in [2.45, 2.75) is 39.3 Å². The van der Waals surface area contributed by atoms with Crippen LogP contribution in [0.15, 0.2) is 46.9 Å². The van der Waals surface area contributed by atoms with Crippen molar-refractivity contribution in [3.8, 4) is 5.75 Å². The van der Waals surface area contributed by atoms with E-state index in [0.29, 0.717) is 5.56 Å². The normalized spacial score (nSPS) is 10.7. The largest absolute Gasteiger partial charge is 0.488 e.